The van der Waals surface area contributed by atoms with Gasteiger partial charge in [-0.25, -0.2) is 4.79 Å². The molecule has 0 radical (unpaired) electrons. The van der Waals surface area contributed by atoms with Crippen molar-refractivity contribution in [2.24, 2.45) is 0 Å². The van der Waals surface area contributed by atoms with E-state index in [1.54, 1.807) is 32.2 Å². The van der Waals surface area contributed by atoms with E-state index in [2.05, 4.69) is 27.3 Å². The van der Waals surface area contributed by atoms with Gasteiger partial charge in [0.25, 0.3) is 5.91 Å². The Labute approximate surface area is 156 Å². The summed E-state index contributed by atoms with van der Waals surface area (Å²) < 4.78 is 11.0. The van der Waals surface area contributed by atoms with E-state index in [4.69, 9.17) is 9.47 Å². The molecule has 0 aromatic heterocycles. The standard InChI is InChI=1S/C19H24BrNO4/c1-13(18(22)21-11-10-14-6-4-3-5-7-14)25-19(23)15-8-9-17(24-2)16(20)12-15/h6,8-9,12-13H,3-5,7,10-11H2,1-2H3,(H,21,22)/t13-/m0/s1. The van der Waals surface area contributed by atoms with Crippen LogP contribution in [0.15, 0.2) is 34.3 Å². The molecular weight excluding hydrogens is 386 g/mol. The Hall–Kier alpha value is -1.82. The lowest BCUT2D eigenvalue weighted by molar-refractivity contribution is -0.129. The molecule has 0 saturated carbocycles. The first-order chi connectivity index (χ1) is 12.0. The van der Waals surface area contributed by atoms with E-state index in [0.29, 0.717) is 22.3 Å². The van der Waals surface area contributed by atoms with Crippen molar-refractivity contribution >= 4 is 27.8 Å². The second-order valence-corrected chi connectivity index (χ2v) is 6.90. The van der Waals surface area contributed by atoms with Crippen LogP contribution in [-0.2, 0) is 9.53 Å². The molecule has 1 amide bonds. The number of ether oxygens (including phenoxy) is 2. The largest absolute Gasteiger partial charge is 0.496 e. The highest BCUT2D eigenvalue weighted by atomic mass is 79.9. The lowest BCUT2D eigenvalue weighted by Gasteiger charge is -2.16. The SMILES string of the molecule is COc1ccc(C(=O)O[C@@H](C)C(=O)NCCC2=CCCCC2)cc1Br. The average Bonchev–Trinajstić information content (AvgIpc) is 2.62. The zero-order chi connectivity index (χ0) is 18.2. The Morgan fingerprint density at radius 3 is 2.76 bits per heavy atom. The van der Waals surface area contributed by atoms with E-state index in [1.807, 2.05) is 0 Å². The molecule has 1 atom stereocenters. The van der Waals surface area contributed by atoms with Crippen molar-refractivity contribution in [3.8, 4) is 5.75 Å². The number of carbonyl (C=O) groups excluding carboxylic acids is 2. The Morgan fingerprint density at radius 1 is 1.32 bits per heavy atom. The summed E-state index contributed by atoms with van der Waals surface area (Å²) in [6.07, 6.45) is 7.02. The van der Waals surface area contributed by atoms with Crippen LogP contribution in [0.3, 0.4) is 0 Å². The number of hydrogen-bond donors (Lipinski definition) is 1. The lowest BCUT2D eigenvalue weighted by Crippen LogP contribution is -2.36. The smallest absolute Gasteiger partial charge is 0.338 e. The molecule has 0 saturated heterocycles. The molecule has 0 unspecified atom stereocenters. The van der Waals surface area contributed by atoms with Crippen molar-refractivity contribution in [1.29, 1.82) is 0 Å². The second kappa shape index (κ2) is 9.61. The van der Waals surface area contributed by atoms with Crippen LogP contribution in [0.4, 0.5) is 0 Å². The zero-order valence-corrected chi connectivity index (χ0v) is 16.2. The fraction of sp³-hybridized carbons (Fsp3) is 0.474. The predicted octanol–water partition coefficient (Wildman–Crippen LogP) is 4.01. The molecule has 5 nitrogen and oxygen atoms in total. The van der Waals surface area contributed by atoms with Gasteiger partial charge in [-0.3, -0.25) is 4.79 Å². The molecule has 136 valence electrons. The number of halogens is 1. The first kappa shape index (κ1) is 19.5. The number of allylic oxidation sites excluding steroid dienone is 1. The Bertz CT molecular complexity index is 657. The quantitative estimate of drug-likeness (QED) is 0.545. The van der Waals surface area contributed by atoms with Crippen LogP contribution in [0.2, 0.25) is 0 Å². The molecule has 1 aliphatic carbocycles. The summed E-state index contributed by atoms with van der Waals surface area (Å²) in [6, 6.07) is 4.89. The van der Waals surface area contributed by atoms with Gasteiger partial charge in [0.2, 0.25) is 0 Å². The maximum absolute atomic E-state index is 12.2. The third-order valence-electron chi connectivity index (χ3n) is 4.17. The van der Waals surface area contributed by atoms with E-state index >= 15 is 0 Å². The molecule has 2 rings (SSSR count). The van der Waals surface area contributed by atoms with Crippen molar-refractivity contribution < 1.29 is 19.1 Å². The number of rotatable bonds is 7. The molecule has 1 N–H and O–H groups in total. The normalized spacial score (nSPS) is 15.1. The fourth-order valence-corrected chi connectivity index (χ4v) is 3.24. The van der Waals surface area contributed by atoms with Crippen molar-refractivity contribution in [3.05, 3.63) is 39.9 Å². The molecule has 0 heterocycles. The van der Waals surface area contributed by atoms with Crippen LogP contribution in [0.5, 0.6) is 5.75 Å². The van der Waals surface area contributed by atoms with Crippen LogP contribution in [0, 0.1) is 0 Å². The van der Waals surface area contributed by atoms with Gasteiger partial charge in [-0.2, -0.15) is 0 Å². The molecule has 6 heteroatoms. The Morgan fingerprint density at radius 2 is 2.12 bits per heavy atom. The average molecular weight is 410 g/mol. The lowest BCUT2D eigenvalue weighted by atomic mass is 9.97. The third-order valence-corrected chi connectivity index (χ3v) is 4.79. The van der Waals surface area contributed by atoms with Crippen molar-refractivity contribution in [3.63, 3.8) is 0 Å². The molecule has 0 spiro atoms. The minimum atomic E-state index is -0.839. The topological polar surface area (TPSA) is 64.6 Å². The minimum absolute atomic E-state index is 0.280. The molecular formula is C19H24BrNO4. The number of hydrogen-bond acceptors (Lipinski definition) is 4. The van der Waals surface area contributed by atoms with Crippen molar-refractivity contribution in [1.82, 2.24) is 5.32 Å². The summed E-state index contributed by atoms with van der Waals surface area (Å²) in [5, 5.41) is 2.83. The second-order valence-electron chi connectivity index (χ2n) is 6.05. The molecule has 1 aromatic rings. The summed E-state index contributed by atoms with van der Waals surface area (Å²) in [6.45, 7) is 2.15. The number of nitrogens with one attached hydrogen (secondary N) is 1. The van der Waals surface area contributed by atoms with Gasteiger partial charge in [0.15, 0.2) is 6.10 Å². The molecule has 1 aliphatic rings. The summed E-state index contributed by atoms with van der Waals surface area (Å²) >= 11 is 3.33. The first-order valence-electron chi connectivity index (χ1n) is 8.51. The molecule has 0 bridgehead atoms. The summed E-state index contributed by atoms with van der Waals surface area (Å²) in [4.78, 5) is 24.2. The monoisotopic (exact) mass is 409 g/mol. The maximum atomic E-state index is 12.2. The molecule has 25 heavy (non-hydrogen) atoms. The van der Waals surface area contributed by atoms with Gasteiger partial charge in [0.1, 0.15) is 5.75 Å². The van der Waals surface area contributed by atoms with Gasteiger partial charge in [-0.05, 0) is 73.2 Å². The van der Waals surface area contributed by atoms with Crippen LogP contribution in [0.25, 0.3) is 0 Å². The number of benzene rings is 1. The van der Waals surface area contributed by atoms with E-state index in [9.17, 15) is 9.59 Å². The van der Waals surface area contributed by atoms with Gasteiger partial charge in [0.05, 0.1) is 17.1 Å². The summed E-state index contributed by atoms with van der Waals surface area (Å²) in [5.41, 5.74) is 1.76. The summed E-state index contributed by atoms with van der Waals surface area (Å²) in [5.74, 6) is -0.197. The zero-order valence-electron chi connectivity index (χ0n) is 14.6. The van der Waals surface area contributed by atoms with E-state index in [0.717, 1.165) is 19.3 Å². The van der Waals surface area contributed by atoms with Crippen LogP contribution < -0.4 is 10.1 Å². The van der Waals surface area contributed by atoms with E-state index in [1.165, 1.54) is 18.4 Å². The third kappa shape index (κ3) is 5.88. The van der Waals surface area contributed by atoms with Gasteiger partial charge < -0.3 is 14.8 Å². The number of esters is 1. The van der Waals surface area contributed by atoms with Crippen LogP contribution >= 0.6 is 15.9 Å². The van der Waals surface area contributed by atoms with Crippen LogP contribution in [0.1, 0.15) is 49.4 Å². The Balaban J connectivity index is 1.80. The van der Waals surface area contributed by atoms with Crippen molar-refractivity contribution in [2.75, 3.05) is 13.7 Å². The highest BCUT2D eigenvalue weighted by molar-refractivity contribution is 9.10. The Kier molecular flexibility index (Phi) is 7.50. The molecule has 0 fully saturated rings. The molecule has 0 aliphatic heterocycles. The van der Waals surface area contributed by atoms with Gasteiger partial charge in [-0.1, -0.05) is 11.6 Å². The van der Waals surface area contributed by atoms with Gasteiger partial charge in [-0.15, -0.1) is 0 Å². The minimum Gasteiger partial charge on any atom is -0.496 e. The highest BCUT2D eigenvalue weighted by Gasteiger charge is 2.19. The van der Waals surface area contributed by atoms with Crippen molar-refractivity contribution in [2.45, 2.75) is 45.1 Å². The van der Waals surface area contributed by atoms with Crippen LogP contribution in [-0.4, -0.2) is 31.6 Å². The van der Waals surface area contributed by atoms with E-state index < -0.39 is 12.1 Å². The maximum Gasteiger partial charge on any atom is 0.338 e. The number of carbonyl (C=O) groups is 2. The number of methoxy groups -OCH3 is 1. The predicted molar refractivity (Wildman–Crippen MR) is 99.7 cm³/mol. The highest BCUT2D eigenvalue weighted by Crippen LogP contribution is 2.26. The fourth-order valence-electron chi connectivity index (χ4n) is 2.70. The molecule has 1 aromatic carbocycles. The summed E-state index contributed by atoms with van der Waals surface area (Å²) in [7, 11) is 1.55. The first-order valence-corrected chi connectivity index (χ1v) is 9.30. The number of amides is 1. The van der Waals surface area contributed by atoms with Gasteiger partial charge >= 0.3 is 5.97 Å². The van der Waals surface area contributed by atoms with Gasteiger partial charge in [0, 0.05) is 6.54 Å². The van der Waals surface area contributed by atoms with E-state index in [-0.39, 0.29) is 5.91 Å².